The van der Waals surface area contributed by atoms with Crippen LogP contribution in [0.25, 0.3) is 0 Å². The number of sulfonamides is 1. The molecule has 1 aromatic rings. The van der Waals surface area contributed by atoms with Crippen molar-refractivity contribution in [3.63, 3.8) is 0 Å². The number of ether oxygens (including phenoxy) is 1. The molecular formula is C12H19NO3S. The normalized spacial score (nSPS) is 11.8. The fraction of sp³-hybridized carbons (Fsp3) is 0.500. The fourth-order valence-electron chi connectivity index (χ4n) is 1.34. The van der Waals surface area contributed by atoms with Crippen molar-refractivity contribution in [2.45, 2.75) is 19.8 Å². The quantitative estimate of drug-likeness (QED) is 0.790. The van der Waals surface area contributed by atoms with Crippen LogP contribution in [0, 0.1) is 0 Å². The van der Waals surface area contributed by atoms with Gasteiger partial charge in [0.05, 0.1) is 6.26 Å². The van der Waals surface area contributed by atoms with Crippen molar-refractivity contribution >= 4 is 10.0 Å². The summed E-state index contributed by atoms with van der Waals surface area (Å²) < 4.78 is 29.4. The van der Waals surface area contributed by atoms with Crippen LogP contribution >= 0.6 is 0 Å². The van der Waals surface area contributed by atoms with Crippen molar-refractivity contribution in [1.82, 2.24) is 4.72 Å². The van der Waals surface area contributed by atoms with Crippen LogP contribution < -0.4 is 9.46 Å². The maximum atomic E-state index is 10.8. The van der Waals surface area contributed by atoms with Crippen molar-refractivity contribution in [3.8, 4) is 5.75 Å². The summed E-state index contributed by atoms with van der Waals surface area (Å²) in [5.41, 5.74) is 1.26. The average Bonchev–Trinajstić information content (AvgIpc) is 2.24. The van der Waals surface area contributed by atoms with E-state index in [9.17, 15) is 8.42 Å². The molecule has 0 aliphatic carbocycles. The molecule has 0 atom stereocenters. The van der Waals surface area contributed by atoms with Gasteiger partial charge in [-0.2, -0.15) is 0 Å². The molecule has 0 saturated heterocycles. The maximum Gasteiger partial charge on any atom is 0.208 e. The molecule has 1 aromatic carbocycles. The van der Waals surface area contributed by atoms with Gasteiger partial charge in [-0.25, -0.2) is 13.1 Å². The lowest BCUT2D eigenvalue weighted by atomic mass is 10.0. The molecule has 0 spiro atoms. The summed E-state index contributed by atoms with van der Waals surface area (Å²) in [4.78, 5) is 0. The number of hydrogen-bond donors (Lipinski definition) is 1. The lowest BCUT2D eigenvalue weighted by Crippen LogP contribution is -2.26. The Kier molecular flexibility index (Phi) is 4.96. The van der Waals surface area contributed by atoms with E-state index in [-0.39, 0.29) is 6.54 Å². The third kappa shape index (κ3) is 5.70. The Labute approximate surface area is 103 Å². The van der Waals surface area contributed by atoms with E-state index in [1.54, 1.807) is 0 Å². The van der Waals surface area contributed by atoms with Gasteiger partial charge in [-0.05, 0) is 23.6 Å². The molecule has 0 aliphatic rings. The third-order valence-corrected chi connectivity index (χ3v) is 3.01. The Morgan fingerprint density at radius 2 is 1.82 bits per heavy atom. The van der Waals surface area contributed by atoms with Crippen LogP contribution in [0.4, 0.5) is 0 Å². The van der Waals surface area contributed by atoms with E-state index in [1.165, 1.54) is 5.56 Å². The largest absolute Gasteiger partial charge is 0.492 e. The molecular weight excluding hydrogens is 238 g/mol. The molecule has 0 aromatic heterocycles. The first-order valence-electron chi connectivity index (χ1n) is 5.56. The topological polar surface area (TPSA) is 55.4 Å². The van der Waals surface area contributed by atoms with E-state index in [0.717, 1.165) is 12.0 Å². The number of hydrogen-bond acceptors (Lipinski definition) is 3. The first-order chi connectivity index (χ1) is 7.88. The maximum absolute atomic E-state index is 10.8. The van der Waals surface area contributed by atoms with Crippen LogP contribution in [-0.4, -0.2) is 27.8 Å². The van der Waals surface area contributed by atoms with E-state index in [2.05, 4.69) is 18.6 Å². The average molecular weight is 257 g/mol. The summed E-state index contributed by atoms with van der Waals surface area (Å²) >= 11 is 0. The van der Waals surface area contributed by atoms with Crippen molar-refractivity contribution in [2.24, 2.45) is 0 Å². The highest BCUT2D eigenvalue weighted by molar-refractivity contribution is 7.88. The van der Waals surface area contributed by atoms with Crippen molar-refractivity contribution in [1.29, 1.82) is 0 Å². The predicted molar refractivity (Wildman–Crippen MR) is 68.9 cm³/mol. The van der Waals surface area contributed by atoms with Gasteiger partial charge in [0.1, 0.15) is 12.4 Å². The summed E-state index contributed by atoms with van der Waals surface area (Å²) in [7, 11) is -3.13. The van der Waals surface area contributed by atoms with Crippen LogP contribution in [0.1, 0.15) is 25.3 Å². The number of benzene rings is 1. The van der Waals surface area contributed by atoms with Gasteiger partial charge in [-0.3, -0.25) is 0 Å². The lowest BCUT2D eigenvalue weighted by molar-refractivity contribution is 0.323. The Hall–Kier alpha value is -1.07. The minimum absolute atomic E-state index is 0.283. The van der Waals surface area contributed by atoms with Gasteiger partial charge in [0.25, 0.3) is 0 Å². The molecule has 0 amide bonds. The first kappa shape index (κ1) is 14.0. The van der Waals surface area contributed by atoms with Gasteiger partial charge < -0.3 is 4.74 Å². The minimum atomic E-state index is -3.13. The van der Waals surface area contributed by atoms with Gasteiger partial charge >= 0.3 is 0 Å². The highest BCUT2D eigenvalue weighted by Gasteiger charge is 2.01. The van der Waals surface area contributed by atoms with Gasteiger partial charge in [0.2, 0.25) is 10.0 Å². The van der Waals surface area contributed by atoms with Crippen LogP contribution in [0.2, 0.25) is 0 Å². The predicted octanol–water partition coefficient (Wildman–Crippen LogP) is 1.74. The minimum Gasteiger partial charge on any atom is -0.492 e. The zero-order chi connectivity index (χ0) is 12.9. The van der Waals surface area contributed by atoms with Gasteiger partial charge in [-0.15, -0.1) is 0 Å². The zero-order valence-corrected chi connectivity index (χ0v) is 11.3. The summed E-state index contributed by atoms with van der Waals surface area (Å²) in [6.45, 7) is 4.87. The molecule has 1 rings (SSSR count). The van der Waals surface area contributed by atoms with Gasteiger partial charge in [-0.1, -0.05) is 26.0 Å². The summed E-state index contributed by atoms with van der Waals surface area (Å²) in [6, 6.07) is 7.83. The fourth-order valence-corrected chi connectivity index (χ4v) is 1.80. The van der Waals surface area contributed by atoms with Gasteiger partial charge in [0, 0.05) is 6.54 Å². The Bertz CT molecular complexity index is 437. The van der Waals surface area contributed by atoms with E-state index < -0.39 is 10.0 Å². The molecule has 0 aliphatic heterocycles. The highest BCUT2D eigenvalue weighted by Crippen LogP contribution is 2.18. The summed E-state index contributed by atoms with van der Waals surface area (Å²) in [5, 5.41) is 0. The third-order valence-electron chi connectivity index (χ3n) is 2.28. The zero-order valence-electron chi connectivity index (χ0n) is 10.4. The SMILES string of the molecule is CC(C)c1ccc(OCCNS(C)(=O)=O)cc1. The second-order valence-electron chi connectivity index (χ2n) is 4.24. The Balaban J connectivity index is 2.37. The van der Waals surface area contributed by atoms with E-state index in [1.807, 2.05) is 24.3 Å². The number of rotatable bonds is 6. The molecule has 0 unspecified atom stereocenters. The lowest BCUT2D eigenvalue weighted by Gasteiger charge is -2.09. The van der Waals surface area contributed by atoms with Gasteiger partial charge in [0.15, 0.2) is 0 Å². The van der Waals surface area contributed by atoms with E-state index >= 15 is 0 Å². The Morgan fingerprint density at radius 1 is 1.24 bits per heavy atom. The standard InChI is InChI=1S/C12H19NO3S/c1-10(2)11-4-6-12(7-5-11)16-9-8-13-17(3,14)15/h4-7,10,13H,8-9H2,1-3H3. The smallest absolute Gasteiger partial charge is 0.208 e. The highest BCUT2D eigenvalue weighted by atomic mass is 32.2. The molecule has 0 bridgehead atoms. The molecule has 0 saturated carbocycles. The molecule has 0 fully saturated rings. The van der Waals surface area contributed by atoms with Crippen molar-refractivity contribution in [3.05, 3.63) is 29.8 Å². The summed E-state index contributed by atoms with van der Waals surface area (Å²) in [5.74, 6) is 1.25. The van der Waals surface area contributed by atoms with Crippen LogP contribution in [0.5, 0.6) is 5.75 Å². The molecule has 17 heavy (non-hydrogen) atoms. The first-order valence-corrected chi connectivity index (χ1v) is 7.45. The molecule has 96 valence electrons. The van der Waals surface area contributed by atoms with E-state index in [4.69, 9.17) is 4.74 Å². The molecule has 0 heterocycles. The summed E-state index contributed by atoms with van der Waals surface area (Å²) in [6.07, 6.45) is 1.13. The molecule has 0 radical (unpaired) electrons. The van der Waals surface area contributed by atoms with Crippen molar-refractivity contribution < 1.29 is 13.2 Å². The monoisotopic (exact) mass is 257 g/mol. The van der Waals surface area contributed by atoms with E-state index in [0.29, 0.717) is 12.5 Å². The second-order valence-corrected chi connectivity index (χ2v) is 6.07. The van der Waals surface area contributed by atoms with Crippen LogP contribution in [0.15, 0.2) is 24.3 Å². The van der Waals surface area contributed by atoms with Crippen molar-refractivity contribution in [2.75, 3.05) is 19.4 Å². The molecule has 4 nitrogen and oxygen atoms in total. The Morgan fingerprint density at radius 3 is 2.29 bits per heavy atom. The van der Waals surface area contributed by atoms with Crippen LogP contribution in [-0.2, 0) is 10.0 Å². The van der Waals surface area contributed by atoms with Crippen LogP contribution in [0.3, 0.4) is 0 Å². The molecule has 5 heteroatoms. The number of nitrogens with one attached hydrogen (secondary N) is 1. The second kappa shape index (κ2) is 6.02. The molecule has 1 N–H and O–H groups in total.